The number of benzene rings is 2. The number of piperazine rings is 1. The molecule has 0 bridgehead atoms. The molecule has 4 aliphatic rings. The van der Waals surface area contributed by atoms with Crippen molar-refractivity contribution < 1.29 is 9.59 Å². The number of halogens is 1. The first-order chi connectivity index (χ1) is 26.2. The SMILES string of the molecule is Cc1sc2c(c1C)C(c1ccc(Cl)cc1)=N[C@@H](CC(=O)N1CCC(N3CCN(c4ccc(-c5ccc6c(c5)CC(=O)C6)cn4)CC3)CC1)c1nnc(C)n1-2. The Bertz CT molecular complexity index is 2280. The summed E-state index contributed by atoms with van der Waals surface area (Å²) < 4.78 is 2.11. The molecule has 5 aromatic rings. The third-order valence-electron chi connectivity index (χ3n) is 11.8. The van der Waals surface area contributed by atoms with Crippen LogP contribution in [0.1, 0.15) is 69.6 Å². The Morgan fingerprint density at radius 3 is 2.31 bits per heavy atom. The number of carbonyl (C=O) groups is 2. The fraction of sp³-hybridized carbons (Fsp3) is 0.381. The number of thiophene rings is 1. The van der Waals surface area contributed by atoms with Gasteiger partial charge < -0.3 is 9.80 Å². The Labute approximate surface area is 324 Å². The first-order valence-electron chi connectivity index (χ1n) is 18.9. The monoisotopic (exact) mass is 758 g/mol. The predicted octanol–water partition coefficient (Wildman–Crippen LogP) is 6.73. The maximum Gasteiger partial charge on any atom is 0.225 e. The summed E-state index contributed by atoms with van der Waals surface area (Å²) in [6.45, 7) is 11.5. The number of hydrogen-bond acceptors (Lipinski definition) is 9. The van der Waals surface area contributed by atoms with Gasteiger partial charge in [-0.25, -0.2) is 4.98 Å². The van der Waals surface area contributed by atoms with Gasteiger partial charge in [0.2, 0.25) is 5.91 Å². The van der Waals surface area contributed by atoms with Crippen molar-refractivity contribution >= 4 is 46.2 Å². The van der Waals surface area contributed by atoms with Crippen molar-refractivity contribution in [3.05, 3.63) is 110 Å². The summed E-state index contributed by atoms with van der Waals surface area (Å²) >= 11 is 8.00. The number of piperidine rings is 1. The van der Waals surface area contributed by atoms with E-state index in [9.17, 15) is 9.59 Å². The van der Waals surface area contributed by atoms with E-state index in [0.29, 0.717) is 35.5 Å². The van der Waals surface area contributed by atoms with Crippen LogP contribution in [0.25, 0.3) is 16.1 Å². The van der Waals surface area contributed by atoms with Crippen molar-refractivity contribution in [2.24, 2.45) is 4.99 Å². The van der Waals surface area contributed by atoms with Crippen LogP contribution in [0.15, 0.2) is 65.8 Å². The van der Waals surface area contributed by atoms with Gasteiger partial charge in [0.25, 0.3) is 0 Å². The Hall–Kier alpha value is -4.71. The van der Waals surface area contributed by atoms with E-state index in [2.05, 4.69) is 68.7 Å². The van der Waals surface area contributed by atoms with E-state index in [1.165, 1.54) is 10.4 Å². The number of rotatable bonds is 6. The van der Waals surface area contributed by atoms with E-state index in [1.807, 2.05) is 42.3 Å². The van der Waals surface area contributed by atoms with Crippen molar-refractivity contribution in [3.8, 4) is 16.1 Å². The van der Waals surface area contributed by atoms with Crippen molar-refractivity contribution in [1.82, 2.24) is 29.5 Å². The van der Waals surface area contributed by atoms with Gasteiger partial charge in [-0.2, -0.15) is 0 Å². The minimum atomic E-state index is -0.462. The summed E-state index contributed by atoms with van der Waals surface area (Å²) in [7, 11) is 0. The van der Waals surface area contributed by atoms with Crippen LogP contribution in [0.5, 0.6) is 0 Å². The van der Waals surface area contributed by atoms with Gasteiger partial charge in [-0.1, -0.05) is 41.9 Å². The highest BCUT2D eigenvalue weighted by molar-refractivity contribution is 7.15. The molecule has 2 fully saturated rings. The number of anilines is 1. The topological polar surface area (TPSA) is 99.8 Å². The van der Waals surface area contributed by atoms with Crippen LogP contribution in [0.4, 0.5) is 5.82 Å². The van der Waals surface area contributed by atoms with Crippen molar-refractivity contribution in [2.75, 3.05) is 44.2 Å². The number of carbonyl (C=O) groups excluding carboxylic acids is 2. The van der Waals surface area contributed by atoms with Gasteiger partial charge in [0.1, 0.15) is 28.5 Å². The second kappa shape index (κ2) is 14.2. The first-order valence-corrected chi connectivity index (χ1v) is 20.1. The standard InChI is InChI=1S/C42H43ClN8O2S/c1-25-26(2)54-42-39(25)40(28-6-9-33(43)10-7-28)45-36(41-47-46-27(3)51(41)42)23-38(53)50-14-12-34(13-15-50)48-16-18-49(19-17-48)37-11-8-31(24-44-37)29-4-5-30-21-35(52)22-32(30)20-29/h4-11,20,24,34,36H,12-19,21-23H2,1-3H3/t36-/m0/s1. The highest BCUT2D eigenvalue weighted by Gasteiger charge is 2.35. The maximum atomic E-state index is 14.0. The molecule has 6 heterocycles. The number of pyridine rings is 1. The van der Waals surface area contributed by atoms with Crippen molar-refractivity contribution in [3.63, 3.8) is 0 Å². The van der Waals surface area contributed by atoms with Gasteiger partial charge in [0.05, 0.1) is 12.1 Å². The van der Waals surface area contributed by atoms with Gasteiger partial charge in [-0.05, 0) is 80.1 Å². The normalized spacial score (nSPS) is 19.0. The molecule has 276 valence electrons. The number of hydrogen-bond donors (Lipinski definition) is 0. The number of fused-ring (bicyclic) bond motifs is 4. The number of aryl methyl sites for hydroxylation is 2. The minimum Gasteiger partial charge on any atom is -0.354 e. The summed E-state index contributed by atoms with van der Waals surface area (Å²) in [4.78, 5) is 44.3. The van der Waals surface area contributed by atoms with E-state index in [4.69, 9.17) is 21.6 Å². The molecule has 0 radical (unpaired) electrons. The molecule has 1 atom stereocenters. The van der Waals surface area contributed by atoms with Crippen molar-refractivity contribution in [2.45, 2.75) is 65.0 Å². The Kier molecular flexibility index (Phi) is 9.19. The van der Waals surface area contributed by atoms with Crippen molar-refractivity contribution in [1.29, 1.82) is 0 Å². The van der Waals surface area contributed by atoms with Crippen LogP contribution in [-0.2, 0) is 22.4 Å². The first kappa shape index (κ1) is 35.0. The van der Waals surface area contributed by atoms with Crippen LogP contribution in [0.2, 0.25) is 5.02 Å². The summed E-state index contributed by atoms with van der Waals surface area (Å²) in [5, 5.41) is 10.8. The zero-order valence-electron chi connectivity index (χ0n) is 30.9. The predicted molar refractivity (Wildman–Crippen MR) is 213 cm³/mol. The highest BCUT2D eigenvalue weighted by atomic mass is 35.5. The summed E-state index contributed by atoms with van der Waals surface area (Å²) in [6, 6.07) is 18.4. The average Bonchev–Trinajstić information content (AvgIpc) is 3.83. The Morgan fingerprint density at radius 2 is 1.57 bits per heavy atom. The smallest absolute Gasteiger partial charge is 0.225 e. The van der Waals surface area contributed by atoms with E-state index >= 15 is 0 Å². The summed E-state index contributed by atoms with van der Waals surface area (Å²) in [5.74, 6) is 2.91. The molecule has 3 aromatic heterocycles. The van der Waals surface area contributed by atoms with E-state index < -0.39 is 6.04 Å². The number of aromatic nitrogens is 4. The molecule has 54 heavy (non-hydrogen) atoms. The molecule has 9 rings (SSSR count). The van der Waals surface area contributed by atoms with E-state index in [-0.39, 0.29) is 12.3 Å². The average molecular weight is 759 g/mol. The third kappa shape index (κ3) is 6.46. The van der Waals surface area contributed by atoms with Crippen LogP contribution in [0.3, 0.4) is 0 Å². The Morgan fingerprint density at radius 1 is 0.852 bits per heavy atom. The lowest BCUT2D eigenvalue weighted by Gasteiger charge is -2.43. The molecule has 2 aromatic carbocycles. The second-order valence-electron chi connectivity index (χ2n) is 15.0. The number of amides is 1. The molecule has 12 heteroatoms. The number of aliphatic imine (C=N–C) groups is 1. The fourth-order valence-corrected chi connectivity index (χ4v) is 9.94. The fourth-order valence-electron chi connectivity index (χ4n) is 8.60. The maximum absolute atomic E-state index is 14.0. The Balaban J connectivity index is 0.836. The molecule has 0 unspecified atom stereocenters. The van der Waals surface area contributed by atoms with Gasteiger partial charge in [0, 0.05) is 90.9 Å². The zero-order chi connectivity index (χ0) is 37.1. The second-order valence-corrected chi connectivity index (χ2v) is 16.7. The van der Waals surface area contributed by atoms with Crippen LogP contribution in [-0.4, -0.2) is 92.3 Å². The lowest BCUT2D eigenvalue weighted by atomic mass is 9.99. The molecule has 2 saturated heterocycles. The number of nitrogens with zero attached hydrogens (tertiary/aromatic N) is 8. The lowest BCUT2D eigenvalue weighted by molar-refractivity contribution is -0.133. The molecule has 3 aliphatic heterocycles. The van der Waals surface area contributed by atoms with E-state index in [0.717, 1.165) is 108 Å². The molecule has 10 nitrogen and oxygen atoms in total. The number of likely N-dealkylation sites (tertiary alicyclic amines) is 1. The van der Waals surface area contributed by atoms with Gasteiger partial charge in [-0.15, -0.1) is 21.5 Å². The molecule has 1 amide bonds. The summed E-state index contributed by atoms with van der Waals surface area (Å²) in [6.07, 6.45) is 5.21. The molecule has 0 saturated carbocycles. The zero-order valence-corrected chi connectivity index (χ0v) is 32.5. The van der Waals surface area contributed by atoms with Crippen LogP contribution < -0.4 is 4.90 Å². The quantitative estimate of drug-likeness (QED) is 0.189. The minimum absolute atomic E-state index is 0.107. The molecular formula is C42H43ClN8O2S. The van der Waals surface area contributed by atoms with E-state index in [1.54, 1.807) is 11.3 Å². The number of ketones is 1. The van der Waals surface area contributed by atoms with Crippen LogP contribution >= 0.6 is 22.9 Å². The summed E-state index contributed by atoms with van der Waals surface area (Å²) in [5.41, 5.74) is 8.58. The largest absolute Gasteiger partial charge is 0.354 e. The highest BCUT2D eigenvalue weighted by Crippen LogP contribution is 2.40. The molecule has 0 N–H and O–H groups in total. The van der Waals surface area contributed by atoms with Crippen LogP contribution in [0, 0.1) is 20.8 Å². The lowest BCUT2D eigenvalue weighted by Crippen LogP contribution is -2.54. The molecular weight excluding hydrogens is 716 g/mol. The molecule has 0 spiro atoms. The number of Topliss-reactive ketones (excluding diaryl/α,β-unsaturated/α-hetero) is 1. The molecule has 1 aliphatic carbocycles. The van der Waals surface area contributed by atoms with Gasteiger partial charge in [0.15, 0.2) is 5.82 Å². The van der Waals surface area contributed by atoms with Gasteiger partial charge >= 0.3 is 0 Å². The van der Waals surface area contributed by atoms with Gasteiger partial charge in [-0.3, -0.25) is 24.0 Å². The third-order valence-corrected chi connectivity index (χ3v) is 13.2.